The summed E-state index contributed by atoms with van der Waals surface area (Å²) in [5.74, 6) is -2.31. The molecule has 12 nitrogen and oxygen atoms in total. The SMILES string of the molecule is CCOc1cccc(-c2nnc(C(=O)NS(=O)(=O)Cc3ncccc3F)n2-c2c(OC)cccc2OC)n1.[HH]. The Morgan fingerprint density at radius 3 is 2.42 bits per heavy atom. The summed E-state index contributed by atoms with van der Waals surface area (Å²) in [4.78, 5) is 21.4. The summed E-state index contributed by atoms with van der Waals surface area (Å²) in [5, 5.41) is 8.08. The van der Waals surface area contributed by atoms with Crippen molar-refractivity contribution in [3.63, 3.8) is 0 Å². The second kappa shape index (κ2) is 11.2. The monoisotopic (exact) mass is 544 g/mol. The Bertz CT molecular complexity index is 1560. The summed E-state index contributed by atoms with van der Waals surface area (Å²) >= 11 is 0. The Labute approximate surface area is 219 Å². The van der Waals surface area contributed by atoms with Crippen molar-refractivity contribution in [3.8, 4) is 34.6 Å². The minimum Gasteiger partial charge on any atom is -0.494 e. The molecule has 1 N–H and O–H groups in total. The molecule has 0 saturated carbocycles. The van der Waals surface area contributed by atoms with E-state index in [1.54, 1.807) is 43.3 Å². The number of aromatic nitrogens is 5. The molecule has 0 atom stereocenters. The van der Waals surface area contributed by atoms with Crippen molar-refractivity contribution in [2.45, 2.75) is 12.7 Å². The first-order chi connectivity index (χ1) is 18.3. The molecule has 0 aliphatic rings. The highest BCUT2D eigenvalue weighted by atomic mass is 32.2. The Morgan fingerprint density at radius 2 is 1.76 bits per heavy atom. The van der Waals surface area contributed by atoms with Crippen LogP contribution in [0.1, 0.15) is 24.7 Å². The van der Waals surface area contributed by atoms with Gasteiger partial charge in [0, 0.05) is 13.7 Å². The highest BCUT2D eigenvalue weighted by Crippen LogP contribution is 2.36. The van der Waals surface area contributed by atoms with Crippen LogP contribution < -0.4 is 18.9 Å². The van der Waals surface area contributed by atoms with Gasteiger partial charge < -0.3 is 14.2 Å². The molecule has 1 aromatic carbocycles. The number of hydrogen-bond acceptors (Lipinski definition) is 10. The van der Waals surface area contributed by atoms with Gasteiger partial charge in [0.15, 0.2) is 5.82 Å². The molecular formula is C24H25FN6O6S. The Morgan fingerprint density at radius 1 is 1.05 bits per heavy atom. The molecule has 14 heteroatoms. The summed E-state index contributed by atoms with van der Waals surface area (Å²) < 4.78 is 59.1. The van der Waals surface area contributed by atoms with Crippen LogP contribution in [0.15, 0.2) is 54.7 Å². The lowest BCUT2D eigenvalue weighted by molar-refractivity contribution is 0.0969. The molecule has 0 fully saturated rings. The highest BCUT2D eigenvalue weighted by Gasteiger charge is 2.29. The van der Waals surface area contributed by atoms with E-state index in [-0.39, 0.29) is 35.8 Å². The van der Waals surface area contributed by atoms with Crippen LogP contribution in [0.2, 0.25) is 0 Å². The van der Waals surface area contributed by atoms with Gasteiger partial charge in [0.05, 0.1) is 26.5 Å². The van der Waals surface area contributed by atoms with E-state index in [2.05, 4.69) is 20.2 Å². The quantitative estimate of drug-likeness (QED) is 0.316. The number of carbonyl (C=O) groups excluding carboxylic acids is 1. The molecule has 4 rings (SSSR count). The van der Waals surface area contributed by atoms with Crippen molar-refractivity contribution in [2.75, 3.05) is 20.8 Å². The molecule has 0 radical (unpaired) electrons. The third-order valence-corrected chi connectivity index (χ3v) is 6.30. The van der Waals surface area contributed by atoms with E-state index in [1.807, 2.05) is 4.72 Å². The van der Waals surface area contributed by atoms with Crippen molar-refractivity contribution in [3.05, 3.63) is 72.1 Å². The van der Waals surface area contributed by atoms with Crippen molar-refractivity contribution < 1.29 is 33.2 Å². The highest BCUT2D eigenvalue weighted by molar-refractivity contribution is 7.89. The maximum atomic E-state index is 14.0. The molecule has 4 aromatic rings. The molecule has 0 bridgehead atoms. The number of benzene rings is 1. The molecule has 3 aromatic heterocycles. The molecular weight excluding hydrogens is 519 g/mol. The zero-order valence-corrected chi connectivity index (χ0v) is 21.4. The Hall–Kier alpha value is -4.59. The summed E-state index contributed by atoms with van der Waals surface area (Å²) in [6.07, 6.45) is 1.25. The van der Waals surface area contributed by atoms with Crippen molar-refractivity contribution >= 4 is 15.9 Å². The number of hydrogen-bond donors (Lipinski definition) is 1. The number of nitrogens with zero attached hydrogens (tertiary/aromatic N) is 5. The lowest BCUT2D eigenvalue weighted by Crippen LogP contribution is -2.34. The molecule has 3 heterocycles. The van der Waals surface area contributed by atoms with E-state index < -0.39 is 33.3 Å². The Balaban J connectivity index is 0.00000420. The lowest BCUT2D eigenvalue weighted by atomic mass is 10.2. The van der Waals surface area contributed by atoms with Crippen LogP contribution >= 0.6 is 0 Å². The number of rotatable bonds is 10. The fourth-order valence-electron chi connectivity index (χ4n) is 3.56. The van der Waals surface area contributed by atoms with Crippen LogP contribution in [0, 0.1) is 5.82 Å². The normalized spacial score (nSPS) is 11.2. The van der Waals surface area contributed by atoms with Crippen molar-refractivity contribution in [2.24, 2.45) is 0 Å². The van der Waals surface area contributed by atoms with E-state index in [4.69, 9.17) is 14.2 Å². The van der Waals surface area contributed by atoms with Crippen LogP contribution in [0.5, 0.6) is 17.4 Å². The van der Waals surface area contributed by atoms with Gasteiger partial charge in [0.2, 0.25) is 21.7 Å². The first-order valence-corrected chi connectivity index (χ1v) is 12.8. The van der Waals surface area contributed by atoms with Crippen LogP contribution in [-0.2, 0) is 15.8 Å². The number of ether oxygens (including phenoxy) is 3. The lowest BCUT2D eigenvalue weighted by Gasteiger charge is -2.17. The first kappa shape index (κ1) is 26.5. The minimum absolute atomic E-state index is 0. The third-order valence-electron chi connectivity index (χ3n) is 5.15. The Kier molecular flexibility index (Phi) is 7.81. The van der Waals surface area contributed by atoms with Crippen LogP contribution in [0.4, 0.5) is 4.39 Å². The van der Waals surface area contributed by atoms with Gasteiger partial charge in [0.25, 0.3) is 0 Å². The molecule has 0 saturated heterocycles. The maximum Gasteiger partial charge on any atom is 0.303 e. The summed E-state index contributed by atoms with van der Waals surface area (Å²) in [6, 6.07) is 12.2. The topological polar surface area (TPSA) is 147 Å². The minimum atomic E-state index is -4.39. The standard InChI is InChI=1S/C24H23FN6O6S.H2/c1-4-37-20-12-5-9-16(27-20)22-28-29-23(31(22)21-18(35-2)10-6-11-19(21)36-3)24(32)30-38(33,34)14-17-15(25)8-7-13-26-17;/h5-13H,4,14H2,1-3H3,(H,30,32);1H. The first-order valence-electron chi connectivity index (χ1n) is 11.2. The fraction of sp³-hybridized carbons (Fsp3) is 0.208. The number of amides is 1. The van der Waals surface area contributed by atoms with Gasteiger partial charge in [-0.25, -0.2) is 22.5 Å². The second-order valence-corrected chi connectivity index (χ2v) is 9.33. The molecule has 38 heavy (non-hydrogen) atoms. The smallest absolute Gasteiger partial charge is 0.303 e. The van der Waals surface area contributed by atoms with Gasteiger partial charge in [-0.3, -0.25) is 14.3 Å². The largest absolute Gasteiger partial charge is 0.494 e. The zero-order valence-electron chi connectivity index (χ0n) is 20.6. The predicted molar refractivity (Wildman–Crippen MR) is 135 cm³/mol. The van der Waals surface area contributed by atoms with E-state index in [0.717, 1.165) is 6.07 Å². The third kappa shape index (κ3) is 5.54. The van der Waals surface area contributed by atoms with Crippen LogP contribution in [0.3, 0.4) is 0 Å². The summed E-state index contributed by atoms with van der Waals surface area (Å²) in [6.45, 7) is 2.17. The molecule has 200 valence electrons. The molecule has 0 spiro atoms. The van der Waals surface area contributed by atoms with Crippen molar-refractivity contribution in [1.82, 2.24) is 29.5 Å². The summed E-state index contributed by atoms with van der Waals surface area (Å²) in [5.41, 5.74) is 0.145. The number of halogens is 1. The van der Waals surface area contributed by atoms with Crippen LogP contribution in [0.25, 0.3) is 17.2 Å². The van der Waals surface area contributed by atoms with Gasteiger partial charge in [-0.15, -0.1) is 10.2 Å². The predicted octanol–water partition coefficient (Wildman–Crippen LogP) is 2.79. The fourth-order valence-corrected chi connectivity index (χ4v) is 4.57. The average Bonchev–Trinajstić information content (AvgIpc) is 3.34. The summed E-state index contributed by atoms with van der Waals surface area (Å²) in [7, 11) is -1.55. The van der Waals surface area contributed by atoms with Gasteiger partial charge in [-0.05, 0) is 37.3 Å². The van der Waals surface area contributed by atoms with Gasteiger partial charge in [-0.1, -0.05) is 12.1 Å². The number of methoxy groups -OCH3 is 2. The number of carbonyl (C=O) groups is 1. The number of nitrogens with one attached hydrogen (secondary N) is 1. The van der Waals surface area contributed by atoms with Gasteiger partial charge in [-0.2, -0.15) is 0 Å². The van der Waals surface area contributed by atoms with E-state index in [9.17, 15) is 17.6 Å². The second-order valence-electron chi connectivity index (χ2n) is 7.61. The number of pyridine rings is 2. The van der Waals surface area contributed by atoms with Crippen LogP contribution in [-0.4, -0.2) is 59.9 Å². The molecule has 0 aliphatic carbocycles. The molecule has 0 unspecified atom stereocenters. The maximum absolute atomic E-state index is 14.0. The molecule has 0 aliphatic heterocycles. The number of sulfonamides is 1. The average molecular weight is 545 g/mol. The van der Waals surface area contributed by atoms with E-state index >= 15 is 0 Å². The van der Waals surface area contributed by atoms with E-state index in [0.29, 0.717) is 12.5 Å². The van der Waals surface area contributed by atoms with Crippen molar-refractivity contribution in [1.29, 1.82) is 0 Å². The van der Waals surface area contributed by atoms with E-state index in [1.165, 1.54) is 31.0 Å². The number of para-hydroxylation sites is 1. The van der Waals surface area contributed by atoms with Gasteiger partial charge in [0.1, 0.15) is 34.5 Å². The molecule has 1 amide bonds. The zero-order chi connectivity index (χ0) is 27.3. The van der Waals surface area contributed by atoms with Gasteiger partial charge >= 0.3 is 5.91 Å².